The van der Waals surface area contributed by atoms with E-state index in [-0.39, 0.29) is 17.9 Å². The molecule has 0 saturated carbocycles. The number of carbonyl (C=O) groups excluding carboxylic acids is 2. The van der Waals surface area contributed by atoms with Crippen LogP contribution in [0.2, 0.25) is 0 Å². The molecule has 0 fully saturated rings. The Morgan fingerprint density at radius 1 is 1.29 bits per heavy atom. The number of aromatic nitrogens is 1. The summed E-state index contributed by atoms with van der Waals surface area (Å²) in [5.41, 5.74) is 0.418. The van der Waals surface area contributed by atoms with Crippen molar-refractivity contribution >= 4 is 27.7 Å². The van der Waals surface area contributed by atoms with Gasteiger partial charge in [-0.3, -0.25) is 9.59 Å². The van der Waals surface area contributed by atoms with E-state index in [9.17, 15) is 9.59 Å². The molecule has 1 unspecified atom stereocenters. The summed E-state index contributed by atoms with van der Waals surface area (Å²) in [6.07, 6.45) is 1.66. The highest BCUT2D eigenvalue weighted by Gasteiger charge is 2.17. The van der Waals surface area contributed by atoms with Crippen molar-refractivity contribution in [2.75, 3.05) is 0 Å². The summed E-state index contributed by atoms with van der Waals surface area (Å²) >= 11 is 3.24. The van der Waals surface area contributed by atoms with E-state index in [1.807, 2.05) is 13.8 Å². The van der Waals surface area contributed by atoms with Gasteiger partial charge in [0.15, 0.2) is 0 Å². The van der Waals surface area contributed by atoms with E-state index >= 15 is 0 Å². The van der Waals surface area contributed by atoms with Crippen LogP contribution in [0.1, 0.15) is 31.3 Å². The molecule has 1 aromatic rings. The van der Waals surface area contributed by atoms with Crippen LogP contribution in [0.5, 0.6) is 0 Å². The molecule has 2 amide bonds. The topological polar surface area (TPSA) is 74.0 Å². The quantitative estimate of drug-likeness (QED) is 0.787. The molecule has 6 heteroatoms. The van der Waals surface area contributed by atoms with Crippen LogP contribution < -0.4 is 10.6 Å². The van der Waals surface area contributed by atoms with E-state index in [1.165, 1.54) is 0 Å². The molecule has 1 rings (SSSR count). The molecule has 3 N–H and O–H groups in total. The zero-order valence-electron chi connectivity index (χ0n) is 10.0. The van der Waals surface area contributed by atoms with Gasteiger partial charge in [0.05, 0.1) is 0 Å². The standard InChI is InChI=1S/C11H16BrN3O2/c1-6(2)14-10(16)7(3)15-11(17)9-4-8(12)5-13-9/h4-7,13H,1-3H3,(H,14,16)(H,15,17). The number of aromatic amines is 1. The van der Waals surface area contributed by atoms with E-state index in [1.54, 1.807) is 19.2 Å². The van der Waals surface area contributed by atoms with Crippen LogP contribution >= 0.6 is 15.9 Å². The Morgan fingerprint density at radius 3 is 2.41 bits per heavy atom. The zero-order valence-corrected chi connectivity index (χ0v) is 11.6. The second-order valence-corrected chi connectivity index (χ2v) is 5.01. The van der Waals surface area contributed by atoms with Gasteiger partial charge in [-0.05, 0) is 42.8 Å². The van der Waals surface area contributed by atoms with Crippen molar-refractivity contribution in [3.05, 3.63) is 22.4 Å². The summed E-state index contributed by atoms with van der Waals surface area (Å²) in [5, 5.41) is 5.34. The van der Waals surface area contributed by atoms with E-state index in [0.29, 0.717) is 5.69 Å². The Bertz CT molecular complexity index is 415. The average Bonchev–Trinajstić information content (AvgIpc) is 2.63. The predicted molar refractivity (Wildman–Crippen MR) is 68.7 cm³/mol. The highest BCUT2D eigenvalue weighted by molar-refractivity contribution is 9.10. The lowest BCUT2D eigenvalue weighted by atomic mass is 10.2. The lowest BCUT2D eigenvalue weighted by Crippen LogP contribution is -2.46. The number of hydrogen-bond acceptors (Lipinski definition) is 2. The lowest BCUT2D eigenvalue weighted by molar-refractivity contribution is -0.123. The first kappa shape index (κ1) is 13.8. The van der Waals surface area contributed by atoms with Gasteiger partial charge in [-0.1, -0.05) is 0 Å². The number of nitrogens with one attached hydrogen (secondary N) is 3. The molecule has 0 radical (unpaired) electrons. The summed E-state index contributed by atoms with van der Waals surface area (Å²) in [4.78, 5) is 26.1. The maximum atomic E-state index is 11.7. The molecule has 17 heavy (non-hydrogen) atoms. The highest BCUT2D eigenvalue weighted by atomic mass is 79.9. The summed E-state index contributed by atoms with van der Waals surface area (Å²) in [6.45, 7) is 5.39. The third-order valence-electron chi connectivity index (χ3n) is 2.06. The number of H-pyrrole nitrogens is 1. The van der Waals surface area contributed by atoms with Gasteiger partial charge in [-0.15, -0.1) is 0 Å². The van der Waals surface area contributed by atoms with E-state index in [2.05, 4.69) is 31.5 Å². The predicted octanol–water partition coefficient (Wildman–Crippen LogP) is 1.42. The van der Waals surface area contributed by atoms with Gasteiger partial charge in [-0.2, -0.15) is 0 Å². The third kappa shape index (κ3) is 4.22. The summed E-state index contributed by atoms with van der Waals surface area (Å²) in [6, 6.07) is 1.15. The first-order chi connectivity index (χ1) is 7.90. The Hall–Kier alpha value is -1.30. The fraction of sp³-hybridized carbons (Fsp3) is 0.455. The number of amides is 2. The van der Waals surface area contributed by atoms with Gasteiger partial charge in [0.25, 0.3) is 5.91 Å². The average molecular weight is 302 g/mol. The monoisotopic (exact) mass is 301 g/mol. The molecule has 0 aliphatic heterocycles. The van der Waals surface area contributed by atoms with Crippen molar-refractivity contribution in [2.24, 2.45) is 0 Å². The lowest BCUT2D eigenvalue weighted by Gasteiger charge is -2.15. The largest absolute Gasteiger partial charge is 0.356 e. The van der Waals surface area contributed by atoms with Crippen LogP contribution in [-0.4, -0.2) is 28.9 Å². The SMILES string of the molecule is CC(C)NC(=O)C(C)NC(=O)c1cc(Br)c[nH]1. The number of hydrogen-bond donors (Lipinski definition) is 3. The molecular weight excluding hydrogens is 286 g/mol. The van der Waals surface area contributed by atoms with Gasteiger partial charge >= 0.3 is 0 Å². The fourth-order valence-corrected chi connectivity index (χ4v) is 1.59. The Labute approximate surface area is 108 Å². The molecule has 0 aliphatic rings. The Kier molecular flexibility index (Phi) is 4.74. The van der Waals surface area contributed by atoms with E-state index < -0.39 is 6.04 Å². The summed E-state index contributed by atoms with van der Waals surface area (Å²) in [5.74, 6) is -0.499. The Morgan fingerprint density at radius 2 is 1.94 bits per heavy atom. The fourth-order valence-electron chi connectivity index (χ4n) is 1.25. The smallest absolute Gasteiger partial charge is 0.268 e. The number of halogens is 1. The molecule has 94 valence electrons. The summed E-state index contributed by atoms with van der Waals surface area (Å²) < 4.78 is 0.793. The molecule has 1 heterocycles. The van der Waals surface area contributed by atoms with Crippen molar-refractivity contribution in [3.8, 4) is 0 Å². The molecule has 1 atom stereocenters. The minimum Gasteiger partial charge on any atom is -0.356 e. The van der Waals surface area contributed by atoms with Gasteiger partial charge in [0, 0.05) is 16.7 Å². The third-order valence-corrected chi connectivity index (χ3v) is 2.52. The first-order valence-corrected chi connectivity index (χ1v) is 6.14. The van der Waals surface area contributed by atoms with Crippen molar-refractivity contribution < 1.29 is 9.59 Å². The van der Waals surface area contributed by atoms with Crippen LogP contribution in [0.4, 0.5) is 0 Å². The minimum atomic E-state index is -0.563. The minimum absolute atomic E-state index is 0.0569. The highest BCUT2D eigenvalue weighted by Crippen LogP contribution is 2.10. The van der Waals surface area contributed by atoms with E-state index in [0.717, 1.165) is 4.47 Å². The van der Waals surface area contributed by atoms with Crippen LogP contribution in [0.3, 0.4) is 0 Å². The molecule has 1 aromatic heterocycles. The zero-order chi connectivity index (χ0) is 13.0. The number of carbonyl (C=O) groups is 2. The van der Waals surface area contributed by atoms with Crippen molar-refractivity contribution in [1.82, 2.24) is 15.6 Å². The normalized spacial score (nSPS) is 12.3. The van der Waals surface area contributed by atoms with Crippen LogP contribution in [0.25, 0.3) is 0 Å². The van der Waals surface area contributed by atoms with Crippen LogP contribution in [-0.2, 0) is 4.79 Å². The van der Waals surface area contributed by atoms with Crippen molar-refractivity contribution in [3.63, 3.8) is 0 Å². The van der Waals surface area contributed by atoms with Gasteiger partial charge < -0.3 is 15.6 Å². The van der Waals surface area contributed by atoms with Gasteiger partial charge in [-0.25, -0.2) is 0 Å². The van der Waals surface area contributed by atoms with Gasteiger partial charge in [0.2, 0.25) is 5.91 Å². The first-order valence-electron chi connectivity index (χ1n) is 5.35. The Balaban J connectivity index is 2.54. The van der Waals surface area contributed by atoms with Crippen LogP contribution in [0, 0.1) is 0 Å². The van der Waals surface area contributed by atoms with Gasteiger partial charge in [0.1, 0.15) is 11.7 Å². The maximum Gasteiger partial charge on any atom is 0.268 e. The van der Waals surface area contributed by atoms with Crippen LogP contribution in [0.15, 0.2) is 16.7 Å². The molecular formula is C11H16BrN3O2. The molecule has 0 spiro atoms. The molecule has 0 aromatic carbocycles. The molecule has 0 aliphatic carbocycles. The second kappa shape index (κ2) is 5.86. The molecule has 0 saturated heterocycles. The van der Waals surface area contributed by atoms with Crippen molar-refractivity contribution in [1.29, 1.82) is 0 Å². The number of rotatable bonds is 4. The van der Waals surface area contributed by atoms with Crippen molar-refractivity contribution in [2.45, 2.75) is 32.9 Å². The molecule has 0 bridgehead atoms. The molecule has 5 nitrogen and oxygen atoms in total. The van der Waals surface area contributed by atoms with E-state index in [4.69, 9.17) is 0 Å². The summed E-state index contributed by atoms with van der Waals surface area (Å²) in [7, 11) is 0. The second-order valence-electron chi connectivity index (χ2n) is 4.09. The maximum absolute atomic E-state index is 11.7.